The first-order chi connectivity index (χ1) is 11.0. The molecule has 3 heterocycles. The second-order valence-corrected chi connectivity index (χ2v) is 5.83. The fourth-order valence-corrected chi connectivity index (χ4v) is 2.87. The van der Waals surface area contributed by atoms with Gasteiger partial charge in [-0.1, -0.05) is 12.1 Å². The Bertz CT molecular complexity index is 845. The predicted molar refractivity (Wildman–Crippen MR) is 86.3 cm³/mol. The number of aryl methyl sites for hydroxylation is 3. The highest BCUT2D eigenvalue weighted by Gasteiger charge is 2.19. The number of fused-ring (bicyclic) bond motifs is 1. The molecule has 3 aromatic rings. The van der Waals surface area contributed by atoms with Crippen LogP contribution in [0.1, 0.15) is 42.0 Å². The average molecular weight is 313 g/mol. The van der Waals surface area contributed by atoms with Gasteiger partial charge in [-0.05, 0) is 32.8 Å². The second-order valence-electron chi connectivity index (χ2n) is 5.83. The zero-order valence-electron chi connectivity index (χ0n) is 13.6. The van der Waals surface area contributed by atoms with Crippen molar-refractivity contribution in [2.75, 3.05) is 5.32 Å². The van der Waals surface area contributed by atoms with E-state index in [1.807, 2.05) is 33.8 Å². The first kappa shape index (κ1) is 15.2. The Kier molecular flexibility index (Phi) is 3.85. The van der Waals surface area contributed by atoms with Crippen molar-refractivity contribution < 1.29 is 9.32 Å². The molecule has 0 saturated carbocycles. The fraction of sp³-hybridized carbons (Fsp3) is 0.375. The monoisotopic (exact) mass is 313 g/mol. The van der Waals surface area contributed by atoms with E-state index >= 15 is 0 Å². The number of rotatable bonds is 4. The lowest BCUT2D eigenvalue weighted by molar-refractivity contribution is -0.116. The van der Waals surface area contributed by atoms with Crippen LogP contribution >= 0.6 is 0 Å². The van der Waals surface area contributed by atoms with Gasteiger partial charge in [-0.15, -0.1) is 0 Å². The Morgan fingerprint density at radius 2 is 2.17 bits per heavy atom. The molecule has 23 heavy (non-hydrogen) atoms. The predicted octanol–water partition coefficient (Wildman–Crippen LogP) is 3.00. The van der Waals surface area contributed by atoms with Crippen molar-refractivity contribution in [3.63, 3.8) is 0 Å². The lowest BCUT2D eigenvalue weighted by atomic mass is 9.96. The number of H-pyrrole nitrogens is 1. The van der Waals surface area contributed by atoms with Gasteiger partial charge in [0.15, 0.2) is 5.65 Å². The standard InChI is InChI=1S/C16H19N5O2/c1-8(15-10(3)21-23-11(15)4)5-14(22)18-12-6-13-9(2)19-20-16(13)17-7-12/h6-8H,5H2,1-4H3,(H,18,22)(H,17,19,20). The summed E-state index contributed by atoms with van der Waals surface area (Å²) >= 11 is 0. The number of amides is 1. The van der Waals surface area contributed by atoms with Gasteiger partial charge in [0.2, 0.25) is 5.91 Å². The van der Waals surface area contributed by atoms with Crippen LogP contribution in [0.4, 0.5) is 5.69 Å². The molecule has 0 fully saturated rings. The van der Waals surface area contributed by atoms with Gasteiger partial charge < -0.3 is 9.84 Å². The topological polar surface area (TPSA) is 96.7 Å². The number of aromatic amines is 1. The van der Waals surface area contributed by atoms with Crippen LogP contribution in [0.2, 0.25) is 0 Å². The summed E-state index contributed by atoms with van der Waals surface area (Å²) in [6.07, 6.45) is 1.96. The molecule has 0 saturated heterocycles. The summed E-state index contributed by atoms with van der Waals surface area (Å²) in [6, 6.07) is 1.87. The van der Waals surface area contributed by atoms with E-state index in [1.165, 1.54) is 0 Å². The van der Waals surface area contributed by atoms with Crippen LogP contribution in [-0.2, 0) is 4.79 Å². The lowest BCUT2D eigenvalue weighted by Crippen LogP contribution is -2.15. The van der Waals surface area contributed by atoms with Crippen molar-refractivity contribution in [1.82, 2.24) is 20.3 Å². The molecular weight excluding hydrogens is 294 g/mol. The molecule has 0 radical (unpaired) electrons. The number of carbonyl (C=O) groups is 1. The van der Waals surface area contributed by atoms with Crippen molar-refractivity contribution >= 4 is 22.6 Å². The molecule has 0 aliphatic carbocycles. The molecule has 7 nitrogen and oxygen atoms in total. The molecule has 1 amide bonds. The van der Waals surface area contributed by atoms with Crippen molar-refractivity contribution in [2.45, 2.75) is 40.0 Å². The third kappa shape index (κ3) is 2.94. The van der Waals surface area contributed by atoms with Gasteiger partial charge in [-0.3, -0.25) is 9.89 Å². The van der Waals surface area contributed by atoms with Crippen LogP contribution < -0.4 is 5.32 Å². The highest BCUT2D eigenvalue weighted by Crippen LogP contribution is 2.26. The smallest absolute Gasteiger partial charge is 0.225 e. The van der Waals surface area contributed by atoms with Crippen LogP contribution in [0.3, 0.4) is 0 Å². The summed E-state index contributed by atoms with van der Waals surface area (Å²) in [7, 11) is 0. The number of carbonyl (C=O) groups excluding carboxylic acids is 1. The van der Waals surface area contributed by atoms with E-state index in [2.05, 4.69) is 25.7 Å². The first-order valence-electron chi connectivity index (χ1n) is 7.49. The van der Waals surface area contributed by atoms with E-state index in [-0.39, 0.29) is 11.8 Å². The Hall–Kier alpha value is -2.70. The van der Waals surface area contributed by atoms with E-state index in [9.17, 15) is 4.79 Å². The minimum absolute atomic E-state index is 0.0357. The Balaban J connectivity index is 1.72. The Morgan fingerprint density at radius 1 is 1.39 bits per heavy atom. The third-order valence-electron chi connectivity index (χ3n) is 3.96. The van der Waals surface area contributed by atoms with Gasteiger partial charge in [0, 0.05) is 23.1 Å². The van der Waals surface area contributed by atoms with Gasteiger partial charge in [-0.25, -0.2) is 4.98 Å². The van der Waals surface area contributed by atoms with E-state index in [1.54, 1.807) is 6.20 Å². The SMILES string of the molecule is Cc1noc(C)c1C(C)CC(=O)Nc1cnc2n[nH]c(C)c2c1. The van der Waals surface area contributed by atoms with Gasteiger partial charge in [0.25, 0.3) is 0 Å². The molecule has 120 valence electrons. The minimum Gasteiger partial charge on any atom is -0.361 e. The molecule has 2 N–H and O–H groups in total. The summed E-state index contributed by atoms with van der Waals surface area (Å²) < 4.78 is 5.17. The number of hydrogen-bond donors (Lipinski definition) is 2. The maximum absolute atomic E-state index is 12.3. The van der Waals surface area contributed by atoms with Crippen molar-refractivity contribution in [2.24, 2.45) is 0 Å². The highest BCUT2D eigenvalue weighted by atomic mass is 16.5. The number of nitrogens with zero attached hydrogens (tertiary/aromatic N) is 3. The molecule has 0 spiro atoms. The summed E-state index contributed by atoms with van der Waals surface area (Å²) in [5.41, 5.74) is 4.06. The number of pyridine rings is 1. The quantitative estimate of drug-likeness (QED) is 0.771. The van der Waals surface area contributed by atoms with Crippen LogP contribution in [0.5, 0.6) is 0 Å². The van der Waals surface area contributed by atoms with Crippen molar-refractivity contribution in [3.05, 3.63) is 35.0 Å². The van der Waals surface area contributed by atoms with Crippen LogP contribution in [0.15, 0.2) is 16.8 Å². The van der Waals surface area contributed by atoms with Gasteiger partial charge in [0.05, 0.1) is 17.6 Å². The van der Waals surface area contributed by atoms with E-state index < -0.39 is 0 Å². The molecule has 0 bridgehead atoms. The van der Waals surface area contributed by atoms with E-state index in [0.29, 0.717) is 17.8 Å². The average Bonchev–Trinajstić information content (AvgIpc) is 3.02. The van der Waals surface area contributed by atoms with Gasteiger partial charge in [0.1, 0.15) is 5.76 Å². The molecule has 3 rings (SSSR count). The maximum atomic E-state index is 12.3. The van der Waals surface area contributed by atoms with Crippen LogP contribution in [0.25, 0.3) is 11.0 Å². The lowest BCUT2D eigenvalue weighted by Gasteiger charge is -2.11. The first-order valence-corrected chi connectivity index (χ1v) is 7.49. The third-order valence-corrected chi connectivity index (χ3v) is 3.96. The van der Waals surface area contributed by atoms with Crippen molar-refractivity contribution in [3.8, 4) is 0 Å². The highest BCUT2D eigenvalue weighted by molar-refractivity contribution is 5.93. The molecule has 0 aliphatic rings. The van der Waals surface area contributed by atoms with Crippen molar-refractivity contribution in [1.29, 1.82) is 0 Å². The molecule has 1 unspecified atom stereocenters. The zero-order valence-corrected chi connectivity index (χ0v) is 13.6. The number of hydrogen-bond acceptors (Lipinski definition) is 5. The second kappa shape index (κ2) is 5.83. The Labute approximate surface area is 133 Å². The number of anilines is 1. The fourth-order valence-electron chi connectivity index (χ4n) is 2.87. The van der Waals surface area contributed by atoms with E-state index in [4.69, 9.17) is 4.52 Å². The molecule has 0 aromatic carbocycles. The summed E-state index contributed by atoms with van der Waals surface area (Å²) in [4.78, 5) is 16.5. The summed E-state index contributed by atoms with van der Waals surface area (Å²) in [6.45, 7) is 7.67. The maximum Gasteiger partial charge on any atom is 0.225 e. The number of nitrogens with one attached hydrogen (secondary N) is 2. The zero-order chi connectivity index (χ0) is 16.6. The molecular formula is C16H19N5O2. The molecule has 7 heteroatoms. The number of aromatic nitrogens is 4. The molecule has 1 atom stereocenters. The summed E-state index contributed by atoms with van der Waals surface area (Å²) in [5, 5.41) is 14.7. The largest absolute Gasteiger partial charge is 0.361 e. The molecule has 3 aromatic heterocycles. The molecule has 0 aliphatic heterocycles. The van der Waals surface area contributed by atoms with E-state index in [0.717, 1.165) is 28.1 Å². The Morgan fingerprint density at radius 3 is 2.87 bits per heavy atom. The normalized spacial score (nSPS) is 12.5. The summed E-state index contributed by atoms with van der Waals surface area (Å²) in [5.74, 6) is 0.730. The van der Waals surface area contributed by atoms with Gasteiger partial charge in [-0.2, -0.15) is 5.10 Å². The van der Waals surface area contributed by atoms with Crippen LogP contribution in [0, 0.1) is 20.8 Å². The van der Waals surface area contributed by atoms with Crippen LogP contribution in [-0.4, -0.2) is 26.2 Å². The van der Waals surface area contributed by atoms with Gasteiger partial charge >= 0.3 is 0 Å². The minimum atomic E-state index is -0.0696.